The lowest BCUT2D eigenvalue weighted by Gasteiger charge is -2.13. The van der Waals surface area contributed by atoms with E-state index in [2.05, 4.69) is 382 Å². The van der Waals surface area contributed by atoms with E-state index in [1.54, 1.807) is 0 Å². The van der Waals surface area contributed by atoms with Gasteiger partial charge in [-0.25, -0.2) is 29.9 Å². The highest BCUT2D eigenvalue weighted by molar-refractivity contribution is 6.05. The fraction of sp³-hybridized carbons (Fsp3) is 0. The number of fused-ring (bicyclic) bond motifs is 5. The van der Waals surface area contributed by atoms with E-state index in [9.17, 15) is 0 Å². The van der Waals surface area contributed by atoms with Crippen LogP contribution in [0.15, 0.2) is 413 Å². The Kier molecular flexibility index (Phi) is 17.6. The van der Waals surface area contributed by atoms with Gasteiger partial charge in [-0.3, -0.25) is 0 Å². The first kappa shape index (κ1) is 66.0. The third-order valence-corrected chi connectivity index (χ3v) is 20.8. The van der Waals surface area contributed by atoms with Crippen molar-refractivity contribution in [1.29, 1.82) is 0 Å². The molecule has 0 amide bonds. The molecular weight excluding hydrogens is 1330 g/mol. The summed E-state index contributed by atoms with van der Waals surface area (Å²) >= 11 is 0. The molecule has 20 rings (SSSR count). The fourth-order valence-corrected chi connectivity index (χ4v) is 15.0. The number of rotatable bonds is 13. The monoisotopic (exact) mass is 1400 g/mol. The molecule has 0 N–H and O–H groups in total. The Morgan fingerprint density at radius 3 is 0.709 bits per heavy atom. The summed E-state index contributed by atoms with van der Waals surface area (Å²) in [5, 5.41) is 12.1. The molecule has 6 nitrogen and oxygen atoms in total. The minimum absolute atomic E-state index is 0.631. The number of hydrogen-bond donors (Lipinski definition) is 0. The van der Waals surface area contributed by atoms with Gasteiger partial charge in [0.1, 0.15) is 0 Å². The van der Waals surface area contributed by atoms with Crippen molar-refractivity contribution in [3.8, 4) is 146 Å². The molecule has 2 aromatic heterocycles. The van der Waals surface area contributed by atoms with Crippen molar-refractivity contribution in [2.24, 2.45) is 0 Å². The van der Waals surface area contributed by atoms with Gasteiger partial charge in [-0.2, -0.15) is 0 Å². The molecule has 20 aromatic rings. The summed E-state index contributed by atoms with van der Waals surface area (Å²) in [6, 6.07) is 146. The van der Waals surface area contributed by atoms with Gasteiger partial charge >= 0.3 is 0 Å². The van der Waals surface area contributed by atoms with E-state index in [0.717, 1.165) is 77.5 Å². The van der Waals surface area contributed by atoms with E-state index < -0.39 is 0 Å². The van der Waals surface area contributed by atoms with Crippen LogP contribution in [0.2, 0.25) is 0 Å². The zero-order chi connectivity index (χ0) is 73.1. The van der Waals surface area contributed by atoms with Crippen molar-refractivity contribution in [3.63, 3.8) is 0 Å². The highest BCUT2D eigenvalue weighted by atomic mass is 15.0. The van der Waals surface area contributed by atoms with E-state index in [-0.39, 0.29) is 0 Å². The second-order valence-electron chi connectivity index (χ2n) is 27.8. The lowest BCUT2D eigenvalue weighted by molar-refractivity contribution is 1.07. The van der Waals surface area contributed by atoms with Crippen molar-refractivity contribution in [1.82, 2.24) is 29.9 Å². The van der Waals surface area contributed by atoms with Crippen LogP contribution in [0, 0.1) is 0 Å². The molecule has 0 aliphatic carbocycles. The average molecular weight is 1400 g/mol. The summed E-state index contributed by atoms with van der Waals surface area (Å²) in [5.74, 6) is 3.83. The van der Waals surface area contributed by atoms with E-state index in [0.29, 0.717) is 34.9 Å². The molecule has 0 spiro atoms. The summed E-state index contributed by atoms with van der Waals surface area (Å²) in [7, 11) is 0. The van der Waals surface area contributed by atoms with Crippen LogP contribution in [0.4, 0.5) is 0 Å². The van der Waals surface area contributed by atoms with Crippen molar-refractivity contribution < 1.29 is 0 Å². The Morgan fingerprint density at radius 2 is 0.327 bits per heavy atom. The summed E-state index contributed by atoms with van der Waals surface area (Å²) in [5.41, 5.74) is 22.0. The Hall–Kier alpha value is -14.7. The quantitative estimate of drug-likeness (QED) is 0.114. The fourth-order valence-electron chi connectivity index (χ4n) is 15.0. The standard InChI is InChI=1S/C53H35N3.C51H33N3/c1-3-10-36(11-4-1)39-18-23-41(24-19-39)51-54-52(42-25-20-40(21-26-42)37-12-5-2-6-13-37)56-53(55-51)50-17-9-16-44(35-50)45-28-29-49-34-48(31-30-47(49)33-45)46-27-22-38-14-7-8-15-43(38)32-46;1-3-13-35(14-4-1)45-28-29-48(47-21-10-9-20-46(45)47)51-53-49(36-15-5-2-6-16-36)52-50(54-51)44-19-11-18-38(33-44)39-24-25-43-32-42(27-26-41(43)31-39)40-23-22-34-12-7-8-17-37(34)30-40/h1-35H;1-33H. The molecule has 0 saturated heterocycles. The summed E-state index contributed by atoms with van der Waals surface area (Å²) < 4.78 is 0. The largest absolute Gasteiger partial charge is 0.208 e. The lowest BCUT2D eigenvalue weighted by atomic mass is 9.94. The molecule has 0 atom stereocenters. The Labute approximate surface area is 638 Å². The van der Waals surface area contributed by atoms with Crippen LogP contribution in [0.25, 0.3) is 200 Å². The Morgan fingerprint density at radius 1 is 0.109 bits per heavy atom. The van der Waals surface area contributed by atoms with Crippen molar-refractivity contribution in [3.05, 3.63) is 413 Å². The van der Waals surface area contributed by atoms with E-state index in [1.807, 2.05) is 30.3 Å². The Balaban J connectivity index is 0.000000149. The molecule has 18 aromatic carbocycles. The molecule has 0 saturated carbocycles. The highest BCUT2D eigenvalue weighted by Crippen LogP contribution is 2.40. The van der Waals surface area contributed by atoms with Crippen molar-refractivity contribution in [2.75, 3.05) is 0 Å². The van der Waals surface area contributed by atoms with Gasteiger partial charge < -0.3 is 0 Å². The maximum absolute atomic E-state index is 5.17. The molecule has 110 heavy (non-hydrogen) atoms. The summed E-state index contributed by atoms with van der Waals surface area (Å²) in [4.78, 5) is 30.5. The van der Waals surface area contributed by atoms with Gasteiger partial charge in [0.2, 0.25) is 0 Å². The molecule has 0 radical (unpaired) electrons. The van der Waals surface area contributed by atoms with E-state index in [4.69, 9.17) is 29.9 Å². The number of aromatic nitrogens is 6. The predicted molar refractivity (Wildman–Crippen MR) is 458 cm³/mol. The van der Waals surface area contributed by atoms with E-state index >= 15 is 0 Å². The normalized spacial score (nSPS) is 11.3. The SMILES string of the molecule is c1ccc(-c2ccc(-c3nc(-c4ccc(-c5ccccc5)cc4)nc(-c4cccc(-c5ccc6cc(-c7ccc8ccccc8c7)ccc6c5)c4)n3)cc2)cc1.c1ccc(-c2nc(-c3cccc(-c4ccc5cc(-c6ccc7ccccc7c6)ccc5c4)c3)nc(-c3ccc(-c4ccccc4)c4ccccc34)n2)cc1. The predicted octanol–water partition coefficient (Wildman–Crippen LogP) is 27.2. The van der Waals surface area contributed by atoms with Crippen LogP contribution in [0.1, 0.15) is 0 Å². The molecular formula is C104H68N6. The second kappa shape index (κ2) is 29.3. The van der Waals surface area contributed by atoms with Crippen molar-refractivity contribution >= 4 is 53.9 Å². The van der Waals surface area contributed by atoms with Crippen LogP contribution in [-0.2, 0) is 0 Å². The zero-order valence-corrected chi connectivity index (χ0v) is 59.9. The first-order valence-corrected chi connectivity index (χ1v) is 37.2. The molecule has 0 bridgehead atoms. The van der Waals surface area contributed by atoms with Crippen LogP contribution in [-0.4, -0.2) is 29.9 Å². The molecule has 0 fully saturated rings. The van der Waals surface area contributed by atoms with Gasteiger partial charge in [-0.05, 0) is 186 Å². The number of benzene rings is 18. The van der Waals surface area contributed by atoms with Crippen LogP contribution in [0.3, 0.4) is 0 Å². The minimum Gasteiger partial charge on any atom is -0.208 e. The van der Waals surface area contributed by atoms with Gasteiger partial charge in [0.05, 0.1) is 0 Å². The smallest absolute Gasteiger partial charge is 0.164 e. The summed E-state index contributed by atoms with van der Waals surface area (Å²) in [6.45, 7) is 0. The van der Waals surface area contributed by atoms with E-state index in [1.165, 1.54) is 87.6 Å². The van der Waals surface area contributed by atoms with Crippen LogP contribution < -0.4 is 0 Å². The van der Waals surface area contributed by atoms with Crippen molar-refractivity contribution in [2.45, 2.75) is 0 Å². The zero-order valence-electron chi connectivity index (χ0n) is 59.9. The lowest BCUT2D eigenvalue weighted by Crippen LogP contribution is -2.01. The molecule has 514 valence electrons. The van der Waals surface area contributed by atoms with Gasteiger partial charge in [-0.15, -0.1) is 0 Å². The minimum atomic E-state index is 0.631. The molecule has 2 heterocycles. The maximum atomic E-state index is 5.17. The van der Waals surface area contributed by atoms with Gasteiger partial charge in [0.15, 0.2) is 34.9 Å². The third kappa shape index (κ3) is 13.6. The maximum Gasteiger partial charge on any atom is 0.164 e. The summed E-state index contributed by atoms with van der Waals surface area (Å²) in [6.07, 6.45) is 0. The topological polar surface area (TPSA) is 77.3 Å². The number of nitrogens with zero attached hydrogens (tertiary/aromatic N) is 6. The molecule has 6 heteroatoms. The first-order valence-electron chi connectivity index (χ1n) is 37.2. The van der Waals surface area contributed by atoms with Crippen LogP contribution >= 0.6 is 0 Å². The Bertz CT molecular complexity index is 6700. The number of hydrogen-bond acceptors (Lipinski definition) is 6. The highest BCUT2D eigenvalue weighted by Gasteiger charge is 2.19. The molecule has 0 unspecified atom stereocenters. The first-order chi connectivity index (χ1) is 54.4. The molecule has 0 aliphatic rings. The second-order valence-corrected chi connectivity index (χ2v) is 27.8. The van der Waals surface area contributed by atoms with Gasteiger partial charge in [0.25, 0.3) is 0 Å². The third-order valence-electron chi connectivity index (χ3n) is 20.8. The molecule has 0 aliphatic heterocycles. The van der Waals surface area contributed by atoms with Crippen LogP contribution in [0.5, 0.6) is 0 Å². The average Bonchev–Trinajstić information content (AvgIpc) is 0.738. The van der Waals surface area contributed by atoms with Gasteiger partial charge in [-0.1, -0.05) is 358 Å². The van der Waals surface area contributed by atoms with Gasteiger partial charge in [0, 0.05) is 33.4 Å².